The Kier molecular flexibility index (Phi) is 3.54. The van der Waals surface area contributed by atoms with Crippen molar-refractivity contribution in [2.75, 3.05) is 12.9 Å². The van der Waals surface area contributed by atoms with Crippen molar-refractivity contribution in [3.63, 3.8) is 0 Å². The smallest absolute Gasteiger partial charge is 0.356 e. The minimum absolute atomic E-state index is 0.0783. The first kappa shape index (κ1) is 13.2. The van der Waals surface area contributed by atoms with E-state index >= 15 is 0 Å². The van der Waals surface area contributed by atoms with Gasteiger partial charge in [0.1, 0.15) is 17.1 Å². The SMILES string of the molecule is COC(=O)C1=C(Cl)CS[C@H]2[C@H](NC(C)=O)C(=O)N12. The fraction of sp³-hybridized carbons (Fsp3) is 0.500. The highest BCUT2D eigenvalue weighted by Crippen LogP contribution is 2.41. The molecule has 18 heavy (non-hydrogen) atoms. The molecule has 1 fully saturated rings. The topological polar surface area (TPSA) is 75.7 Å². The molecule has 98 valence electrons. The number of ether oxygens (including phenoxy) is 1. The Balaban J connectivity index is 2.23. The molecule has 8 heteroatoms. The minimum atomic E-state index is -0.639. The summed E-state index contributed by atoms with van der Waals surface area (Å²) in [6.45, 7) is 1.34. The Bertz CT molecular complexity index is 465. The molecule has 0 unspecified atom stereocenters. The lowest BCUT2D eigenvalue weighted by molar-refractivity contribution is -0.151. The molecule has 0 spiro atoms. The maximum Gasteiger partial charge on any atom is 0.356 e. The lowest BCUT2D eigenvalue weighted by Gasteiger charge is -2.48. The second kappa shape index (κ2) is 4.81. The standard InChI is InChI=1S/C10H11ClN2O4S/c1-4(14)12-6-8(15)13-7(10(16)17-2)5(11)3-18-9(6)13/h6,9H,3H2,1-2H3,(H,12,14)/t6-,9+/m1/s1. The lowest BCUT2D eigenvalue weighted by atomic mass is 10.1. The average Bonchev–Trinajstić information content (AvgIpc) is 2.34. The number of nitrogens with one attached hydrogen (secondary N) is 1. The number of thioether (sulfide) groups is 1. The molecule has 0 radical (unpaired) electrons. The minimum Gasteiger partial charge on any atom is -0.464 e. The third kappa shape index (κ3) is 1.97. The molecule has 0 bridgehead atoms. The van der Waals surface area contributed by atoms with Crippen LogP contribution in [0.25, 0.3) is 0 Å². The Morgan fingerprint density at radius 1 is 1.56 bits per heavy atom. The Morgan fingerprint density at radius 3 is 2.78 bits per heavy atom. The first-order valence-corrected chi connectivity index (χ1v) is 6.58. The van der Waals surface area contributed by atoms with Crippen molar-refractivity contribution in [2.45, 2.75) is 18.3 Å². The van der Waals surface area contributed by atoms with Crippen LogP contribution in [-0.2, 0) is 19.1 Å². The van der Waals surface area contributed by atoms with E-state index in [-0.39, 0.29) is 27.9 Å². The molecule has 1 N–H and O–H groups in total. The number of methoxy groups -OCH3 is 1. The first-order chi connectivity index (χ1) is 8.47. The Hall–Kier alpha value is -1.21. The number of nitrogens with zero attached hydrogens (tertiary/aromatic N) is 1. The largest absolute Gasteiger partial charge is 0.464 e. The molecule has 0 aromatic carbocycles. The van der Waals surface area contributed by atoms with Crippen LogP contribution in [0.3, 0.4) is 0 Å². The molecule has 0 aliphatic carbocycles. The molecular weight excluding hydrogens is 280 g/mol. The number of rotatable bonds is 2. The molecule has 6 nitrogen and oxygen atoms in total. The van der Waals surface area contributed by atoms with Crippen LogP contribution in [0.2, 0.25) is 0 Å². The number of fused-ring (bicyclic) bond motifs is 1. The van der Waals surface area contributed by atoms with Crippen molar-refractivity contribution >= 4 is 41.1 Å². The highest BCUT2D eigenvalue weighted by atomic mass is 35.5. The molecular formula is C10H11ClN2O4S. The average molecular weight is 291 g/mol. The number of carbonyl (C=O) groups excluding carboxylic acids is 3. The summed E-state index contributed by atoms with van der Waals surface area (Å²) in [5.41, 5.74) is 0.0783. The van der Waals surface area contributed by atoms with Gasteiger partial charge in [0.15, 0.2) is 0 Å². The molecule has 2 atom stereocenters. The van der Waals surface area contributed by atoms with Gasteiger partial charge >= 0.3 is 5.97 Å². The van der Waals surface area contributed by atoms with Crippen molar-refractivity contribution in [1.82, 2.24) is 10.2 Å². The highest BCUT2D eigenvalue weighted by Gasteiger charge is 2.54. The van der Waals surface area contributed by atoms with Gasteiger partial charge in [0, 0.05) is 12.7 Å². The van der Waals surface area contributed by atoms with Crippen LogP contribution in [0.5, 0.6) is 0 Å². The van der Waals surface area contributed by atoms with E-state index in [0.29, 0.717) is 5.75 Å². The van der Waals surface area contributed by atoms with Crippen LogP contribution >= 0.6 is 23.4 Å². The van der Waals surface area contributed by atoms with E-state index in [2.05, 4.69) is 10.1 Å². The van der Waals surface area contributed by atoms with Gasteiger partial charge in [-0.2, -0.15) is 0 Å². The number of halogens is 1. The predicted octanol–water partition coefficient (Wildman–Crippen LogP) is 0.0296. The molecule has 2 aliphatic rings. The molecule has 2 rings (SSSR count). The number of amides is 2. The van der Waals surface area contributed by atoms with E-state index in [1.807, 2.05) is 0 Å². The summed E-state index contributed by atoms with van der Waals surface area (Å²) in [5, 5.41) is 2.55. The van der Waals surface area contributed by atoms with E-state index in [0.717, 1.165) is 0 Å². The summed E-state index contributed by atoms with van der Waals surface area (Å²) in [7, 11) is 1.23. The Labute approximate surface area is 113 Å². The second-order valence-corrected chi connectivity index (χ2v) is 5.39. The number of carbonyl (C=O) groups is 3. The van der Waals surface area contributed by atoms with E-state index in [1.54, 1.807) is 0 Å². The van der Waals surface area contributed by atoms with Crippen LogP contribution in [0.1, 0.15) is 6.92 Å². The van der Waals surface area contributed by atoms with Gasteiger partial charge in [-0.3, -0.25) is 14.5 Å². The van der Waals surface area contributed by atoms with Crippen molar-refractivity contribution < 1.29 is 19.1 Å². The second-order valence-electron chi connectivity index (χ2n) is 3.83. The third-order valence-electron chi connectivity index (χ3n) is 2.66. The first-order valence-electron chi connectivity index (χ1n) is 5.16. The zero-order valence-electron chi connectivity index (χ0n) is 9.73. The molecule has 0 aromatic rings. The summed E-state index contributed by atoms with van der Waals surface area (Å²) < 4.78 is 4.61. The zero-order valence-corrected chi connectivity index (χ0v) is 11.3. The number of β-lactam (4-membered cyclic amide) rings is 1. The quantitative estimate of drug-likeness (QED) is 0.574. The Morgan fingerprint density at radius 2 is 2.22 bits per heavy atom. The number of esters is 1. The molecule has 0 saturated carbocycles. The van der Waals surface area contributed by atoms with Gasteiger partial charge in [0.05, 0.1) is 12.1 Å². The molecule has 2 aliphatic heterocycles. The van der Waals surface area contributed by atoms with Gasteiger partial charge in [0.2, 0.25) is 5.91 Å². The number of hydrogen-bond donors (Lipinski definition) is 1. The van der Waals surface area contributed by atoms with Crippen molar-refractivity contribution in [3.8, 4) is 0 Å². The molecule has 1 saturated heterocycles. The van der Waals surface area contributed by atoms with Crippen molar-refractivity contribution in [3.05, 3.63) is 10.7 Å². The van der Waals surface area contributed by atoms with Crippen LogP contribution in [0.4, 0.5) is 0 Å². The van der Waals surface area contributed by atoms with E-state index in [1.165, 1.54) is 30.7 Å². The summed E-state index contributed by atoms with van der Waals surface area (Å²) in [6.07, 6.45) is 0. The predicted molar refractivity (Wildman–Crippen MR) is 65.6 cm³/mol. The number of hydrogen-bond acceptors (Lipinski definition) is 5. The molecule has 2 amide bonds. The summed E-state index contributed by atoms with van der Waals surface area (Å²) in [6, 6.07) is -0.600. The third-order valence-corrected chi connectivity index (χ3v) is 4.41. The van der Waals surface area contributed by atoms with Gasteiger partial charge in [-0.05, 0) is 0 Å². The van der Waals surface area contributed by atoms with Gasteiger partial charge < -0.3 is 10.1 Å². The zero-order chi connectivity index (χ0) is 13.4. The van der Waals surface area contributed by atoms with E-state index in [9.17, 15) is 14.4 Å². The van der Waals surface area contributed by atoms with Crippen molar-refractivity contribution in [1.29, 1.82) is 0 Å². The van der Waals surface area contributed by atoms with Crippen LogP contribution < -0.4 is 5.32 Å². The summed E-state index contributed by atoms with van der Waals surface area (Å²) in [4.78, 5) is 35.8. The highest BCUT2D eigenvalue weighted by molar-refractivity contribution is 8.00. The van der Waals surface area contributed by atoms with Gasteiger partial charge in [-0.15, -0.1) is 11.8 Å². The maximum absolute atomic E-state index is 11.9. The van der Waals surface area contributed by atoms with Gasteiger partial charge in [0.25, 0.3) is 5.91 Å². The van der Waals surface area contributed by atoms with Crippen molar-refractivity contribution in [2.24, 2.45) is 0 Å². The summed E-state index contributed by atoms with van der Waals surface area (Å²) >= 11 is 7.35. The van der Waals surface area contributed by atoms with Crippen LogP contribution in [-0.4, -0.2) is 47.0 Å². The van der Waals surface area contributed by atoms with E-state index < -0.39 is 12.0 Å². The maximum atomic E-state index is 11.9. The summed E-state index contributed by atoms with van der Waals surface area (Å²) in [5.74, 6) is -0.856. The van der Waals surface area contributed by atoms with Crippen LogP contribution in [0, 0.1) is 0 Å². The van der Waals surface area contributed by atoms with Gasteiger partial charge in [-0.1, -0.05) is 11.6 Å². The fourth-order valence-electron chi connectivity index (χ4n) is 1.89. The molecule has 0 aromatic heterocycles. The normalized spacial score (nSPS) is 26.4. The fourth-order valence-corrected chi connectivity index (χ4v) is 3.43. The van der Waals surface area contributed by atoms with Gasteiger partial charge in [-0.25, -0.2) is 4.79 Å². The van der Waals surface area contributed by atoms with E-state index in [4.69, 9.17) is 11.6 Å². The molecule has 2 heterocycles. The lowest BCUT2D eigenvalue weighted by Crippen LogP contribution is -2.70. The monoisotopic (exact) mass is 290 g/mol. The van der Waals surface area contributed by atoms with Crippen LogP contribution in [0.15, 0.2) is 10.7 Å².